The van der Waals surface area contributed by atoms with Crippen LogP contribution < -0.4 is 10.3 Å². The Labute approximate surface area is 96.1 Å². The van der Waals surface area contributed by atoms with Crippen LogP contribution in [0.25, 0.3) is 0 Å². The van der Waals surface area contributed by atoms with Crippen LogP contribution in [0.1, 0.15) is 5.69 Å². The fourth-order valence-electron chi connectivity index (χ4n) is 1.08. The highest BCUT2D eigenvalue weighted by molar-refractivity contribution is 6.17. The van der Waals surface area contributed by atoms with Gasteiger partial charge in [-0.25, -0.2) is 0 Å². The van der Waals surface area contributed by atoms with Crippen LogP contribution in [-0.4, -0.2) is 16.3 Å². The Hall–Kier alpha value is -1.77. The number of H-pyrrole nitrogens is 1. The largest absolute Gasteiger partial charge is 0.573 e. The zero-order chi connectivity index (χ0) is 13.2. The van der Waals surface area contributed by atoms with Crippen LogP contribution in [0.15, 0.2) is 10.9 Å². The van der Waals surface area contributed by atoms with Crippen molar-refractivity contribution in [3.05, 3.63) is 32.2 Å². The molecule has 1 aromatic heterocycles. The van der Waals surface area contributed by atoms with Gasteiger partial charge in [0.15, 0.2) is 0 Å². The summed E-state index contributed by atoms with van der Waals surface area (Å²) in [6.07, 6.45) is -5.14. The zero-order valence-corrected chi connectivity index (χ0v) is 8.63. The van der Waals surface area contributed by atoms with Crippen LogP contribution in [-0.2, 0) is 5.88 Å². The number of hydrogen-bond donors (Lipinski definition) is 1. The average molecular weight is 273 g/mol. The van der Waals surface area contributed by atoms with Gasteiger partial charge in [-0.15, -0.1) is 24.8 Å². The Kier molecular flexibility index (Phi) is 3.61. The van der Waals surface area contributed by atoms with Gasteiger partial charge in [0, 0.05) is 0 Å². The molecule has 1 N–H and O–H groups in total. The van der Waals surface area contributed by atoms with E-state index in [0.29, 0.717) is 6.07 Å². The van der Waals surface area contributed by atoms with E-state index in [-0.39, 0.29) is 0 Å². The first-order chi connectivity index (χ1) is 7.74. The summed E-state index contributed by atoms with van der Waals surface area (Å²) in [5.41, 5.74) is -2.45. The third kappa shape index (κ3) is 3.34. The quantitative estimate of drug-likeness (QED) is 0.517. The van der Waals surface area contributed by atoms with Crippen molar-refractivity contribution < 1.29 is 22.8 Å². The smallest absolute Gasteiger partial charge is 0.398 e. The minimum absolute atomic E-state index is 0.335. The number of hydrogen-bond acceptors (Lipinski definition) is 4. The maximum atomic E-state index is 12.0. The summed E-state index contributed by atoms with van der Waals surface area (Å²) in [6.45, 7) is 0. The average Bonchev–Trinajstić information content (AvgIpc) is 2.12. The number of aromatic nitrogens is 1. The molecule has 0 amide bonds. The summed E-state index contributed by atoms with van der Waals surface area (Å²) < 4.78 is 39.3. The van der Waals surface area contributed by atoms with E-state index in [9.17, 15) is 28.1 Å². The van der Waals surface area contributed by atoms with Crippen molar-refractivity contribution in [2.24, 2.45) is 0 Å². The first-order valence-corrected chi connectivity index (χ1v) is 4.50. The van der Waals surface area contributed by atoms with Crippen molar-refractivity contribution >= 4 is 17.3 Å². The Morgan fingerprint density at radius 2 is 2.12 bits per heavy atom. The molecule has 0 radical (unpaired) electrons. The minimum atomic E-state index is -5.14. The van der Waals surface area contributed by atoms with E-state index in [0.717, 1.165) is 0 Å². The van der Waals surface area contributed by atoms with Gasteiger partial charge in [-0.2, -0.15) is 0 Å². The lowest BCUT2D eigenvalue weighted by molar-refractivity contribution is -0.389. The van der Waals surface area contributed by atoms with E-state index in [2.05, 4.69) is 4.74 Å². The molecule has 10 heteroatoms. The van der Waals surface area contributed by atoms with Gasteiger partial charge in [0.2, 0.25) is 5.75 Å². The van der Waals surface area contributed by atoms with Crippen molar-refractivity contribution in [3.8, 4) is 5.75 Å². The van der Waals surface area contributed by atoms with E-state index in [1.807, 2.05) is 4.98 Å². The third-order valence-electron chi connectivity index (χ3n) is 1.60. The first-order valence-electron chi connectivity index (χ1n) is 3.97. The van der Waals surface area contributed by atoms with Crippen LogP contribution in [0.4, 0.5) is 18.9 Å². The van der Waals surface area contributed by atoms with Crippen LogP contribution in [0.5, 0.6) is 5.75 Å². The SMILES string of the molecule is O=c1cc(OC(F)(F)F)c([N+](=O)[O-])c(CCl)[nH]1. The summed E-state index contributed by atoms with van der Waals surface area (Å²) in [5.74, 6) is -1.72. The normalized spacial score (nSPS) is 11.3. The maximum Gasteiger partial charge on any atom is 0.573 e. The van der Waals surface area contributed by atoms with Gasteiger partial charge in [-0.3, -0.25) is 14.9 Å². The Bertz CT molecular complexity index is 499. The first kappa shape index (κ1) is 13.3. The minimum Gasteiger partial charge on any atom is -0.398 e. The van der Waals surface area contributed by atoms with E-state index < -0.39 is 39.9 Å². The van der Waals surface area contributed by atoms with Crippen LogP contribution in [0, 0.1) is 10.1 Å². The lowest BCUT2D eigenvalue weighted by atomic mass is 10.3. The van der Waals surface area contributed by atoms with Crippen molar-refractivity contribution in [1.82, 2.24) is 4.98 Å². The molecule has 0 spiro atoms. The number of rotatable bonds is 3. The predicted octanol–water partition coefficient (Wildman–Crippen LogP) is 1.92. The van der Waals surface area contributed by atoms with Gasteiger partial charge in [-0.1, -0.05) is 0 Å². The van der Waals surface area contributed by atoms with Crippen LogP contribution >= 0.6 is 11.6 Å². The second-order valence-electron chi connectivity index (χ2n) is 2.76. The Morgan fingerprint density at radius 3 is 2.53 bits per heavy atom. The van der Waals surface area contributed by atoms with Gasteiger partial charge in [0.05, 0.1) is 16.9 Å². The number of halogens is 4. The summed E-state index contributed by atoms with van der Waals surface area (Å²) in [7, 11) is 0. The molecule has 0 aromatic carbocycles. The van der Waals surface area contributed by atoms with Gasteiger partial charge in [-0.05, 0) is 0 Å². The molecule has 6 nitrogen and oxygen atoms in total. The summed E-state index contributed by atoms with van der Waals surface area (Å²) in [6, 6.07) is 0.335. The Balaban J connectivity index is 3.41. The molecule has 0 fully saturated rings. The molecule has 0 aliphatic heterocycles. The topological polar surface area (TPSA) is 85.2 Å². The lowest BCUT2D eigenvalue weighted by Crippen LogP contribution is -2.21. The Morgan fingerprint density at radius 1 is 1.53 bits per heavy atom. The van der Waals surface area contributed by atoms with Crippen LogP contribution in [0.3, 0.4) is 0 Å². The fourth-order valence-corrected chi connectivity index (χ4v) is 1.27. The van der Waals surface area contributed by atoms with Crippen molar-refractivity contribution in [3.63, 3.8) is 0 Å². The molecule has 17 heavy (non-hydrogen) atoms. The standard InChI is InChI=1S/C7H4ClF3N2O4/c8-2-3-6(13(15)16)4(1-5(14)12-3)17-7(9,10)11/h1H,2H2,(H,12,14). The number of alkyl halides is 4. The number of nitrogens with zero attached hydrogens (tertiary/aromatic N) is 1. The van der Waals surface area contributed by atoms with Gasteiger partial charge in [0.25, 0.3) is 5.56 Å². The molecule has 94 valence electrons. The highest BCUT2D eigenvalue weighted by Crippen LogP contribution is 2.32. The van der Waals surface area contributed by atoms with Crippen LogP contribution in [0.2, 0.25) is 0 Å². The molecule has 1 heterocycles. The predicted molar refractivity (Wildman–Crippen MR) is 50.0 cm³/mol. The number of nitrogens with one attached hydrogen (secondary N) is 1. The van der Waals surface area contributed by atoms with E-state index in [4.69, 9.17) is 11.6 Å². The maximum absolute atomic E-state index is 12.0. The van der Waals surface area contributed by atoms with E-state index in [1.54, 1.807) is 0 Å². The third-order valence-corrected chi connectivity index (χ3v) is 1.86. The number of pyridine rings is 1. The number of nitro groups is 1. The number of ether oxygens (including phenoxy) is 1. The zero-order valence-electron chi connectivity index (χ0n) is 7.88. The summed E-state index contributed by atoms with van der Waals surface area (Å²) in [5, 5.41) is 10.6. The molecule has 1 rings (SSSR count). The second kappa shape index (κ2) is 4.62. The second-order valence-corrected chi connectivity index (χ2v) is 3.03. The number of aromatic amines is 1. The van der Waals surface area contributed by atoms with Crippen molar-refractivity contribution in [1.29, 1.82) is 0 Å². The summed E-state index contributed by atoms with van der Waals surface area (Å²) >= 11 is 5.28. The summed E-state index contributed by atoms with van der Waals surface area (Å²) in [4.78, 5) is 22.4. The van der Waals surface area contributed by atoms with Gasteiger partial charge < -0.3 is 9.72 Å². The van der Waals surface area contributed by atoms with E-state index >= 15 is 0 Å². The van der Waals surface area contributed by atoms with Crippen molar-refractivity contribution in [2.75, 3.05) is 0 Å². The molecule has 0 aliphatic rings. The molecule has 0 aliphatic carbocycles. The van der Waals surface area contributed by atoms with Crippen molar-refractivity contribution in [2.45, 2.75) is 12.2 Å². The molecule has 0 bridgehead atoms. The highest BCUT2D eigenvalue weighted by Gasteiger charge is 2.36. The molecule has 0 saturated heterocycles. The molecule has 1 aromatic rings. The monoisotopic (exact) mass is 272 g/mol. The molecule has 0 unspecified atom stereocenters. The van der Waals surface area contributed by atoms with Gasteiger partial charge >= 0.3 is 12.0 Å². The lowest BCUT2D eigenvalue weighted by Gasteiger charge is -2.09. The molecule has 0 saturated carbocycles. The van der Waals surface area contributed by atoms with Gasteiger partial charge in [0.1, 0.15) is 5.69 Å². The molecule has 0 atom stereocenters. The fraction of sp³-hybridized carbons (Fsp3) is 0.286. The molecular formula is C7H4ClF3N2O4. The van der Waals surface area contributed by atoms with E-state index in [1.165, 1.54) is 0 Å². The molecular weight excluding hydrogens is 269 g/mol. The highest BCUT2D eigenvalue weighted by atomic mass is 35.5.